The van der Waals surface area contributed by atoms with E-state index in [1.807, 2.05) is 36.7 Å². The molecule has 0 saturated heterocycles. The van der Waals surface area contributed by atoms with Crippen LogP contribution in [0.15, 0.2) is 54.9 Å². The Kier molecular flexibility index (Phi) is 5.20. The van der Waals surface area contributed by atoms with Crippen molar-refractivity contribution < 1.29 is 14.3 Å². The first-order valence-electron chi connectivity index (χ1n) is 9.49. The molecule has 2 aromatic carbocycles. The highest BCUT2D eigenvalue weighted by atomic mass is 16.5. The summed E-state index contributed by atoms with van der Waals surface area (Å²) in [4.78, 5) is 29.6. The maximum atomic E-state index is 12.2. The van der Waals surface area contributed by atoms with Gasteiger partial charge in [0.1, 0.15) is 5.75 Å². The molecule has 2 aromatic heterocycles. The summed E-state index contributed by atoms with van der Waals surface area (Å²) in [6, 6.07) is 13.4. The number of carbonyl (C=O) groups is 2. The molecule has 7 heteroatoms. The van der Waals surface area contributed by atoms with Crippen LogP contribution in [0.5, 0.6) is 5.75 Å². The highest BCUT2D eigenvalue weighted by Crippen LogP contribution is 2.24. The van der Waals surface area contributed by atoms with Crippen molar-refractivity contribution in [1.82, 2.24) is 15.3 Å². The van der Waals surface area contributed by atoms with E-state index >= 15 is 0 Å². The van der Waals surface area contributed by atoms with E-state index in [1.54, 1.807) is 12.1 Å². The fourth-order valence-electron chi connectivity index (χ4n) is 3.56. The van der Waals surface area contributed by atoms with Crippen LogP contribution in [-0.4, -0.2) is 28.5 Å². The van der Waals surface area contributed by atoms with Crippen molar-refractivity contribution >= 4 is 33.8 Å². The molecule has 2 amide bonds. The monoisotopic (exact) mass is 390 g/mol. The summed E-state index contributed by atoms with van der Waals surface area (Å²) < 4.78 is 4.94. The van der Waals surface area contributed by atoms with Gasteiger partial charge in [-0.3, -0.25) is 4.79 Å². The molecule has 4 aromatic rings. The second-order valence-electron chi connectivity index (χ2n) is 6.90. The van der Waals surface area contributed by atoms with Gasteiger partial charge in [-0.15, -0.1) is 0 Å². The molecule has 4 rings (SSSR count). The molecule has 0 aliphatic heterocycles. The largest absolute Gasteiger partial charge is 0.410 e. The molecule has 0 aliphatic carbocycles. The number of nitrogens with one attached hydrogen (secondary N) is 3. The zero-order valence-electron chi connectivity index (χ0n) is 15.8. The Morgan fingerprint density at radius 3 is 2.45 bits per heavy atom. The third-order valence-corrected chi connectivity index (χ3v) is 4.97. The van der Waals surface area contributed by atoms with Crippen molar-refractivity contribution in [3.05, 3.63) is 66.0 Å². The molecule has 0 saturated carbocycles. The van der Waals surface area contributed by atoms with Gasteiger partial charge in [-0.1, -0.05) is 18.2 Å². The van der Waals surface area contributed by atoms with Crippen molar-refractivity contribution in [2.45, 2.75) is 19.3 Å². The Bertz CT molecular complexity index is 1180. The van der Waals surface area contributed by atoms with Crippen LogP contribution in [-0.2, 0) is 17.6 Å². The van der Waals surface area contributed by atoms with Gasteiger partial charge < -0.3 is 25.8 Å². The van der Waals surface area contributed by atoms with Crippen molar-refractivity contribution in [3.63, 3.8) is 0 Å². The van der Waals surface area contributed by atoms with Gasteiger partial charge in [0.15, 0.2) is 0 Å². The summed E-state index contributed by atoms with van der Waals surface area (Å²) in [5.74, 6) is 0.418. The Labute approximate surface area is 167 Å². The number of aryl methyl sites for hydroxylation is 1. The molecule has 2 heterocycles. The number of hydrogen-bond acceptors (Lipinski definition) is 3. The van der Waals surface area contributed by atoms with E-state index < -0.39 is 6.09 Å². The molecule has 5 N–H and O–H groups in total. The van der Waals surface area contributed by atoms with Gasteiger partial charge in [0, 0.05) is 47.2 Å². The number of primary amides is 1. The summed E-state index contributed by atoms with van der Waals surface area (Å²) in [6.07, 6.45) is 4.82. The highest BCUT2D eigenvalue weighted by Gasteiger charge is 2.09. The van der Waals surface area contributed by atoms with Crippen LogP contribution < -0.4 is 15.8 Å². The normalized spacial score (nSPS) is 11.0. The smallest absolute Gasteiger partial charge is 0.409 e. The topological polar surface area (TPSA) is 113 Å². The molecule has 0 bridgehead atoms. The maximum Gasteiger partial charge on any atom is 0.409 e. The van der Waals surface area contributed by atoms with Crippen LogP contribution in [0.3, 0.4) is 0 Å². The first-order chi connectivity index (χ1) is 14.1. The van der Waals surface area contributed by atoms with Gasteiger partial charge in [0.2, 0.25) is 5.91 Å². The van der Waals surface area contributed by atoms with Gasteiger partial charge in [0.05, 0.1) is 0 Å². The number of hydrogen-bond donors (Lipinski definition) is 4. The molecule has 7 nitrogen and oxygen atoms in total. The number of nitrogens with two attached hydrogens (primary N) is 1. The van der Waals surface area contributed by atoms with E-state index in [-0.39, 0.29) is 5.91 Å². The van der Waals surface area contributed by atoms with Crippen molar-refractivity contribution in [1.29, 1.82) is 0 Å². The number of carbonyl (C=O) groups excluding carboxylic acids is 2. The average Bonchev–Trinajstić information content (AvgIpc) is 3.30. The maximum absolute atomic E-state index is 12.2. The van der Waals surface area contributed by atoms with E-state index in [4.69, 9.17) is 10.5 Å². The zero-order valence-corrected chi connectivity index (χ0v) is 15.8. The number of ether oxygens (including phenoxy) is 1. The number of rotatable bonds is 7. The number of para-hydroxylation sites is 1. The SMILES string of the molecule is NC(=O)Oc1ccc2[nH]cc(CCNC(=O)CCc3c[nH]c4ccccc34)c2c1. The second-order valence-corrected chi connectivity index (χ2v) is 6.90. The van der Waals surface area contributed by atoms with Crippen LogP contribution in [0.1, 0.15) is 17.5 Å². The Morgan fingerprint density at radius 2 is 1.66 bits per heavy atom. The number of fused-ring (bicyclic) bond motifs is 2. The van der Waals surface area contributed by atoms with Gasteiger partial charge in [0.25, 0.3) is 0 Å². The lowest BCUT2D eigenvalue weighted by Gasteiger charge is -2.06. The fraction of sp³-hybridized carbons (Fsp3) is 0.182. The number of benzene rings is 2. The predicted octanol–water partition coefficient (Wildman–Crippen LogP) is 3.40. The third-order valence-electron chi connectivity index (χ3n) is 4.97. The first kappa shape index (κ1) is 18.6. The quantitative estimate of drug-likeness (QED) is 0.388. The van der Waals surface area contributed by atoms with Gasteiger partial charge >= 0.3 is 6.09 Å². The first-order valence-corrected chi connectivity index (χ1v) is 9.49. The summed E-state index contributed by atoms with van der Waals surface area (Å²) in [7, 11) is 0. The second kappa shape index (κ2) is 8.10. The van der Waals surface area contributed by atoms with E-state index in [1.165, 1.54) is 0 Å². The Balaban J connectivity index is 1.31. The Hall–Kier alpha value is -3.74. The summed E-state index contributed by atoms with van der Waals surface area (Å²) in [6.45, 7) is 0.528. The number of H-pyrrole nitrogens is 2. The molecule has 0 aliphatic rings. The standard InChI is InChI=1S/C22H22N4O3/c23-22(28)29-16-6-7-20-18(11-16)15(13-26-20)9-10-24-21(27)8-5-14-12-25-19-4-2-1-3-17(14)19/h1-4,6-7,11-13,25-26H,5,8-10H2,(H2,23,28)(H,24,27). The summed E-state index contributed by atoms with van der Waals surface area (Å²) >= 11 is 0. The average molecular weight is 390 g/mol. The van der Waals surface area contributed by atoms with Crippen molar-refractivity contribution in [3.8, 4) is 5.75 Å². The minimum absolute atomic E-state index is 0.0212. The Morgan fingerprint density at radius 1 is 0.931 bits per heavy atom. The van der Waals surface area contributed by atoms with E-state index in [2.05, 4.69) is 21.4 Å². The molecule has 148 valence electrons. The number of aromatic nitrogens is 2. The predicted molar refractivity (Wildman–Crippen MR) is 112 cm³/mol. The zero-order chi connectivity index (χ0) is 20.2. The van der Waals surface area contributed by atoms with Crippen LogP contribution in [0.4, 0.5) is 4.79 Å². The molecular formula is C22H22N4O3. The van der Waals surface area contributed by atoms with Crippen molar-refractivity contribution in [2.24, 2.45) is 5.73 Å². The van der Waals surface area contributed by atoms with E-state index in [0.717, 1.165) is 32.9 Å². The molecule has 0 atom stereocenters. The minimum atomic E-state index is -0.844. The summed E-state index contributed by atoms with van der Waals surface area (Å²) in [5.41, 5.74) is 9.27. The molecule has 0 spiro atoms. The molecule has 0 radical (unpaired) electrons. The number of amides is 2. The van der Waals surface area contributed by atoms with Gasteiger partial charge in [-0.05, 0) is 48.2 Å². The minimum Gasteiger partial charge on any atom is -0.410 e. The molecule has 0 fully saturated rings. The lowest BCUT2D eigenvalue weighted by atomic mass is 10.1. The highest BCUT2D eigenvalue weighted by molar-refractivity contribution is 5.86. The lowest BCUT2D eigenvalue weighted by molar-refractivity contribution is -0.121. The van der Waals surface area contributed by atoms with Gasteiger partial charge in [-0.2, -0.15) is 0 Å². The molecular weight excluding hydrogens is 368 g/mol. The molecule has 0 unspecified atom stereocenters. The van der Waals surface area contributed by atoms with Gasteiger partial charge in [-0.25, -0.2) is 4.79 Å². The van der Waals surface area contributed by atoms with E-state index in [9.17, 15) is 9.59 Å². The van der Waals surface area contributed by atoms with Crippen molar-refractivity contribution in [2.75, 3.05) is 6.54 Å². The summed E-state index contributed by atoms with van der Waals surface area (Å²) in [5, 5.41) is 5.08. The van der Waals surface area contributed by atoms with Crippen LogP contribution >= 0.6 is 0 Å². The lowest BCUT2D eigenvalue weighted by Crippen LogP contribution is -2.25. The van der Waals surface area contributed by atoms with Crippen LogP contribution in [0, 0.1) is 0 Å². The van der Waals surface area contributed by atoms with Crippen LogP contribution in [0.25, 0.3) is 21.8 Å². The molecule has 29 heavy (non-hydrogen) atoms. The number of aromatic amines is 2. The third kappa shape index (κ3) is 4.24. The fourth-order valence-corrected chi connectivity index (χ4v) is 3.56. The van der Waals surface area contributed by atoms with E-state index in [0.29, 0.717) is 31.6 Å². The van der Waals surface area contributed by atoms with Crippen LogP contribution in [0.2, 0.25) is 0 Å².